The molecule has 47 heavy (non-hydrogen) atoms. The van der Waals surface area contributed by atoms with Crippen molar-refractivity contribution >= 4 is 29.7 Å². The number of hydrogen-bond acceptors (Lipinski definition) is 8. The van der Waals surface area contributed by atoms with Gasteiger partial charge in [-0.05, 0) is 42.5 Å². The number of alkyl carbamates (subject to hydrolysis) is 1. The van der Waals surface area contributed by atoms with Crippen LogP contribution in [0, 0.1) is 0 Å². The molecule has 4 atom stereocenters. The first-order valence-corrected chi connectivity index (χ1v) is 15.5. The minimum absolute atomic E-state index is 0.0377. The molecule has 2 heterocycles. The van der Waals surface area contributed by atoms with Gasteiger partial charge in [-0.15, -0.1) is 0 Å². The molecule has 4 rings (SSSR count). The van der Waals surface area contributed by atoms with Crippen molar-refractivity contribution in [2.75, 3.05) is 13.1 Å². The summed E-state index contributed by atoms with van der Waals surface area (Å²) in [5.74, 6) is -2.78. The molecular weight excluding hydrogens is 604 g/mol. The number of nitrogens with zero attached hydrogens (tertiary/aromatic N) is 2. The van der Waals surface area contributed by atoms with E-state index < -0.39 is 54.5 Å². The van der Waals surface area contributed by atoms with Crippen LogP contribution in [-0.2, 0) is 43.4 Å². The number of primary amides is 1. The normalized spacial score (nSPS) is 15.9. The summed E-state index contributed by atoms with van der Waals surface area (Å²) in [5.41, 5.74) is 7.60. The van der Waals surface area contributed by atoms with Crippen LogP contribution in [0.15, 0.2) is 85.1 Å². The molecule has 13 nitrogen and oxygen atoms in total. The van der Waals surface area contributed by atoms with Gasteiger partial charge in [0.1, 0.15) is 18.7 Å². The van der Waals surface area contributed by atoms with E-state index in [2.05, 4.69) is 20.9 Å². The maximum atomic E-state index is 13.7. The van der Waals surface area contributed by atoms with Crippen LogP contribution in [0.25, 0.3) is 0 Å². The molecule has 1 fully saturated rings. The van der Waals surface area contributed by atoms with Crippen LogP contribution in [0.3, 0.4) is 0 Å². The molecule has 0 radical (unpaired) electrons. The fourth-order valence-electron chi connectivity index (χ4n) is 5.33. The Kier molecular flexibility index (Phi) is 12.8. The largest absolute Gasteiger partial charge is 0.445 e. The second-order valence-electron chi connectivity index (χ2n) is 11.2. The predicted octanol–water partition coefficient (Wildman–Crippen LogP) is 0.990. The van der Waals surface area contributed by atoms with E-state index in [4.69, 9.17) is 10.5 Å². The molecule has 0 spiro atoms. The van der Waals surface area contributed by atoms with Crippen LogP contribution >= 0.6 is 0 Å². The molecule has 5 amide bonds. The number of carbonyl (C=O) groups is 5. The third-order valence-corrected chi connectivity index (χ3v) is 7.73. The Bertz CT molecular complexity index is 1490. The van der Waals surface area contributed by atoms with Crippen LogP contribution in [0.2, 0.25) is 0 Å². The Morgan fingerprint density at radius 2 is 1.62 bits per heavy atom. The molecule has 2 aromatic carbocycles. The first kappa shape index (κ1) is 34.6. The Morgan fingerprint density at radius 3 is 2.28 bits per heavy atom. The summed E-state index contributed by atoms with van der Waals surface area (Å²) in [4.78, 5) is 70.1. The number of benzene rings is 2. The van der Waals surface area contributed by atoms with E-state index in [9.17, 15) is 29.1 Å². The molecule has 0 saturated carbocycles. The van der Waals surface area contributed by atoms with Gasteiger partial charge in [0.25, 0.3) is 5.91 Å². The zero-order chi connectivity index (χ0) is 33.6. The lowest BCUT2D eigenvalue weighted by Crippen LogP contribution is -2.58. The van der Waals surface area contributed by atoms with Crippen molar-refractivity contribution in [3.63, 3.8) is 0 Å². The number of amides is 5. The molecule has 0 bridgehead atoms. The van der Waals surface area contributed by atoms with Crippen LogP contribution < -0.4 is 21.7 Å². The highest BCUT2D eigenvalue weighted by Crippen LogP contribution is 2.20. The van der Waals surface area contributed by atoms with Crippen LogP contribution in [-0.4, -0.2) is 82.0 Å². The second kappa shape index (κ2) is 17.4. The molecule has 13 heteroatoms. The lowest BCUT2D eigenvalue weighted by Gasteiger charge is -2.31. The number of nitrogens with two attached hydrogens (primary N) is 1. The third kappa shape index (κ3) is 10.6. The molecule has 1 aliphatic rings. The summed E-state index contributed by atoms with van der Waals surface area (Å²) in [6.07, 6.45) is -0.0642. The highest BCUT2D eigenvalue weighted by molar-refractivity contribution is 5.93. The first-order chi connectivity index (χ1) is 22.7. The number of aliphatic hydroxyl groups is 1. The van der Waals surface area contributed by atoms with E-state index in [0.717, 1.165) is 5.69 Å². The summed E-state index contributed by atoms with van der Waals surface area (Å²) in [7, 11) is 0. The Morgan fingerprint density at radius 1 is 0.936 bits per heavy atom. The van der Waals surface area contributed by atoms with Gasteiger partial charge in [-0.3, -0.25) is 24.2 Å². The molecule has 1 aromatic heterocycles. The summed E-state index contributed by atoms with van der Waals surface area (Å²) in [6.45, 7) is 0.500. The summed E-state index contributed by atoms with van der Waals surface area (Å²) in [6, 6.07) is 19.9. The number of ether oxygens (including phenoxy) is 1. The van der Waals surface area contributed by atoms with E-state index >= 15 is 0 Å². The fourth-order valence-corrected chi connectivity index (χ4v) is 5.33. The fraction of sp³-hybridized carbons (Fsp3) is 0.353. The number of nitrogens with one attached hydrogen (secondary N) is 3. The highest BCUT2D eigenvalue weighted by atomic mass is 16.5. The van der Waals surface area contributed by atoms with Crippen molar-refractivity contribution in [3.05, 3.63) is 102 Å². The quantitative estimate of drug-likeness (QED) is 0.162. The van der Waals surface area contributed by atoms with E-state index in [0.29, 0.717) is 36.9 Å². The third-order valence-electron chi connectivity index (χ3n) is 7.73. The van der Waals surface area contributed by atoms with Crippen molar-refractivity contribution in [2.45, 2.75) is 62.9 Å². The highest BCUT2D eigenvalue weighted by Gasteiger charge is 2.40. The zero-order valence-electron chi connectivity index (χ0n) is 25.9. The predicted molar refractivity (Wildman–Crippen MR) is 171 cm³/mol. The Balaban J connectivity index is 1.43. The van der Waals surface area contributed by atoms with E-state index in [-0.39, 0.29) is 25.5 Å². The van der Waals surface area contributed by atoms with Gasteiger partial charge in [-0.2, -0.15) is 0 Å². The molecule has 1 aliphatic heterocycles. The molecule has 0 unspecified atom stereocenters. The van der Waals surface area contributed by atoms with E-state index in [1.807, 2.05) is 18.2 Å². The van der Waals surface area contributed by atoms with Crippen molar-refractivity contribution in [1.82, 2.24) is 25.8 Å². The second-order valence-corrected chi connectivity index (χ2v) is 11.2. The van der Waals surface area contributed by atoms with Crippen LogP contribution in [0.5, 0.6) is 0 Å². The Labute approximate surface area is 272 Å². The van der Waals surface area contributed by atoms with Crippen molar-refractivity contribution in [2.24, 2.45) is 5.73 Å². The lowest BCUT2D eigenvalue weighted by atomic mass is 9.99. The minimum Gasteiger partial charge on any atom is -0.445 e. The molecule has 6 N–H and O–H groups in total. The number of rotatable bonds is 15. The van der Waals surface area contributed by atoms with Crippen molar-refractivity contribution in [1.29, 1.82) is 0 Å². The number of aromatic nitrogens is 1. The lowest BCUT2D eigenvalue weighted by molar-refractivity contribution is -0.147. The van der Waals surface area contributed by atoms with Crippen LogP contribution in [0.4, 0.5) is 4.79 Å². The molecule has 248 valence electrons. The monoisotopic (exact) mass is 644 g/mol. The smallest absolute Gasteiger partial charge is 0.408 e. The molecule has 0 aliphatic carbocycles. The number of pyridine rings is 1. The summed E-state index contributed by atoms with van der Waals surface area (Å²) < 4.78 is 5.20. The van der Waals surface area contributed by atoms with E-state index in [1.54, 1.807) is 66.9 Å². The van der Waals surface area contributed by atoms with Gasteiger partial charge in [0.2, 0.25) is 17.7 Å². The van der Waals surface area contributed by atoms with Gasteiger partial charge < -0.3 is 36.4 Å². The van der Waals surface area contributed by atoms with Gasteiger partial charge in [-0.25, -0.2) is 4.79 Å². The maximum absolute atomic E-state index is 13.7. The Hall–Kier alpha value is -5.30. The van der Waals surface area contributed by atoms with Gasteiger partial charge >= 0.3 is 6.09 Å². The average molecular weight is 645 g/mol. The molecular formula is C34H40N6O7. The maximum Gasteiger partial charge on any atom is 0.408 e. The zero-order valence-corrected chi connectivity index (χ0v) is 25.9. The topological polar surface area (TPSA) is 193 Å². The summed E-state index contributed by atoms with van der Waals surface area (Å²) in [5, 5.41) is 19.2. The standard InChI is InChI=1S/C34H40N6O7/c35-29(41)21-27(39-34(46)47-22-24-12-5-2-6-13-24)31(43)38-26(20-23-10-3-1-4-11-23)30(42)33(45)40-19-9-15-28(40)32(44)37-18-16-25-14-7-8-17-36-25/h1-8,10-14,17,26-28,30,42H,9,15-16,18-22H2,(H2,35,41)(H,37,44)(H,38,43)(H,39,46)/t26-,27-,28-,30-/m0/s1. The SMILES string of the molecule is NC(=O)C[C@H](NC(=O)OCc1ccccc1)C(=O)N[C@@H](Cc1ccccc1)[C@H](O)C(=O)N1CCC[C@H]1C(=O)NCCc1ccccn1. The number of carbonyl (C=O) groups excluding carboxylic acids is 5. The van der Waals surface area contributed by atoms with Gasteiger partial charge in [0.15, 0.2) is 6.10 Å². The van der Waals surface area contributed by atoms with E-state index in [1.165, 1.54) is 4.90 Å². The van der Waals surface area contributed by atoms with Gasteiger partial charge in [0.05, 0.1) is 12.5 Å². The van der Waals surface area contributed by atoms with Gasteiger partial charge in [0, 0.05) is 31.4 Å². The average Bonchev–Trinajstić information content (AvgIpc) is 3.58. The number of likely N-dealkylation sites (tertiary alicyclic amines) is 1. The molecule has 1 saturated heterocycles. The van der Waals surface area contributed by atoms with Gasteiger partial charge in [-0.1, -0.05) is 66.7 Å². The van der Waals surface area contributed by atoms with Crippen molar-refractivity contribution < 1.29 is 33.8 Å². The first-order valence-electron chi connectivity index (χ1n) is 15.5. The van der Waals surface area contributed by atoms with Crippen molar-refractivity contribution in [3.8, 4) is 0 Å². The number of hydrogen-bond donors (Lipinski definition) is 5. The van der Waals surface area contributed by atoms with Crippen LogP contribution in [0.1, 0.15) is 36.1 Å². The minimum atomic E-state index is -1.75. The molecule has 3 aromatic rings. The number of aliphatic hydroxyl groups excluding tert-OH is 1. The summed E-state index contributed by atoms with van der Waals surface area (Å²) >= 11 is 0.